The molecule has 0 aromatic heterocycles. The van der Waals surface area contributed by atoms with E-state index in [1.807, 2.05) is 20.8 Å². The number of amides is 1. The van der Waals surface area contributed by atoms with Gasteiger partial charge in [0.15, 0.2) is 6.10 Å². The minimum atomic E-state index is -0.502. The Morgan fingerprint density at radius 2 is 2.18 bits per heavy atom. The average Bonchev–Trinajstić information content (AvgIpc) is 2.29. The molecule has 0 aromatic carbocycles. The van der Waals surface area contributed by atoms with Gasteiger partial charge in [-0.1, -0.05) is 13.8 Å². The summed E-state index contributed by atoms with van der Waals surface area (Å²) in [5, 5.41) is 2.94. The Hall–Kier alpha value is -0.360. The molecular formula is C11H23ClN2O3. The molecule has 1 rings (SSSR count). The topological polar surface area (TPSA) is 73.6 Å². The number of carbonyl (C=O) groups excluding carboxylic acids is 1. The van der Waals surface area contributed by atoms with Crippen molar-refractivity contribution in [3.05, 3.63) is 0 Å². The zero-order chi connectivity index (χ0) is 12.2. The Morgan fingerprint density at radius 3 is 2.59 bits per heavy atom. The molecule has 17 heavy (non-hydrogen) atoms. The molecule has 3 N–H and O–H groups in total. The largest absolute Gasteiger partial charge is 0.376 e. The zero-order valence-corrected chi connectivity index (χ0v) is 11.5. The van der Waals surface area contributed by atoms with Crippen LogP contribution in [0.1, 0.15) is 20.8 Å². The van der Waals surface area contributed by atoms with Crippen molar-refractivity contribution in [3.8, 4) is 0 Å². The molecule has 1 aliphatic heterocycles. The maximum Gasteiger partial charge on any atom is 0.252 e. The summed E-state index contributed by atoms with van der Waals surface area (Å²) >= 11 is 0. The summed E-state index contributed by atoms with van der Waals surface area (Å²) in [4.78, 5) is 11.9. The van der Waals surface area contributed by atoms with Crippen LogP contribution in [-0.4, -0.2) is 43.9 Å². The summed E-state index contributed by atoms with van der Waals surface area (Å²) in [5.74, 6) is 0.132. The van der Waals surface area contributed by atoms with Gasteiger partial charge in [-0.25, -0.2) is 0 Å². The third-order valence-corrected chi connectivity index (χ3v) is 3.22. The smallest absolute Gasteiger partial charge is 0.252 e. The summed E-state index contributed by atoms with van der Waals surface area (Å²) in [6.07, 6.45) is -0.502. The molecule has 0 saturated carbocycles. The lowest BCUT2D eigenvalue weighted by Gasteiger charge is -2.35. The van der Waals surface area contributed by atoms with Gasteiger partial charge in [0.2, 0.25) is 0 Å². The highest BCUT2D eigenvalue weighted by molar-refractivity contribution is 5.85. The third-order valence-electron chi connectivity index (χ3n) is 3.22. The van der Waals surface area contributed by atoms with Gasteiger partial charge in [0, 0.05) is 6.54 Å². The number of rotatable bonds is 4. The van der Waals surface area contributed by atoms with E-state index in [2.05, 4.69) is 5.32 Å². The number of hydrogen-bond donors (Lipinski definition) is 2. The lowest BCUT2D eigenvalue weighted by molar-refractivity contribution is -0.149. The van der Waals surface area contributed by atoms with Gasteiger partial charge in [0.05, 0.1) is 25.4 Å². The van der Waals surface area contributed by atoms with Gasteiger partial charge in [-0.05, 0) is 12.8 Å². The predicted octanol–water partition coefficient (Wildman–Crippen LogP) is 0.313. The molecule has 1 fully saturated rings. The fraction of sp³-hybridized carbons (Fsp3) is 0.909. The van der Waals surface area contributed by atoms with Gasteiger partial charge in [0.25, 0.3) is 5.91 Å². The van der Waals surface area contributed by atoms with Crippen LogP contribution >= 0.6 is 12.4 Å². The SMILES string of the molecule is CC(C)C(C)(CN)NC(=O)C1COCCO1.Cl. The monoisotopic (exact) mass is 266 g/mol. The van der Waals surface area contributed by atoms with Crippen LogP contribution in [0.25, 0.3) is 0 Å². The second kappa shape index (κ2) is 7.16. The van der Waals surface area contributed by atoms with Gasteiger partial charge in [-0.3, -0.25) is 4.79 Å². The number of nitrogens with two attached hydrogens (primary N) is 1. The Balaban J connectivity index is 0.00000256. The average molecular weight is 267 g/mol. The summed E-state index contributed by atoms with van der Waals surface area (Å²) in [7, 11) is 0. The lowest BCUT2D eigenvalue weighted by Crippen LogP contribution is -2.58. The molecule has 0 bridgehead atoms. The Labute approximate surface area is 109 Å². The van der Waals surface area contributed by atoms with Crippen molar-refractivity contribution in [3.63, 3.8) is 0 Å². The summed E-state index contributed by atoms with van der Waals surface area (Å²) in [6.45, 7) is 7.77. The first-order valence-corrected chi connectivity index (χ1v) is 5.71. The minimum absolute atomic E-state index is 0. The van der Waals surface area contributed by atoms with Crippen molar-refractivity contribution < 1.29 is 14.3 Å². The molecule has 0 aliphatic carbocycles. The molecule has 2 unspecified atom stereocenters. The van der Waals surface area contributed by atoms with E-state index in [1.165, 1.54) is 0 Å². The first kappa shape index (κ1) is 16.6. The third kappa shape index (κ3) is 4.43. The second-order valence-corrected chi connectivity index (χ2v) is 4.70. The van der Waals surface area contributed by atoms with E-state index in [1.54, 1.807) is 0 Å². The second-order valence-electron chi connectivity index (χ2n) is 4.70. The van der Waals surface area contributed by atoms with Gasteiger partial charge < -0.3 is 20.5 Å². The molecule has 5 nitrogen and oxygen atoms in total. The van der Waals surface area contributed by atoms with Crippen LogP contribution in [0.2, 0.25) is 0 Å². The Morgan fingerprint density at radius 1 is 1.53 bits per heavy atom. The molecule has 1 heterocycles. The van der Waals surface area contributed by atoms with E-state index in [0.29, 0.717) is 26.4 Å². The van der Waals surface area contributed by atoms with Crippen LogP contribution in [0, 0.1) is 5.92 Å². The van der Waals surface area contributed by atoms with E-state index in [-0.39, 0.29) is 24.2 Å². The number of hydrogen-bond acceptors (Lipinski definition) is 4. The maximum absolute atomic E-state index is 11.9. The van der Waals surface area contributed by atoms with Crippen molar-refractivity contribution in [2.24, 2.45) is 11.7 Å². The van der Waals surface area contributed by atoms with Gasteiger partial charge >= 0.3 is 0 Å². The molecule has 2 atom stereocenters. The molecule has 0 aromatic rings. The number of nitrogens with one attached hydrogen (secondary N) is 1. The molecule has 1 amide bonds. The predicted molar refractivity (Wildman–Crippen MR) is 68.2 cm³/mol. The van der Waals surface area contributed by atoms with E-state index >= 15 is 0 Å². The van der Waals surface area contributed by atoms with Crippen LogP contribution in [0.4, 0.5) is 0 Å². The lowest BCUT2D eigenvalue weighted by atomic mass is 9.88. The molecule has 1 saturated heterocycles. The highest BCUT2D eigenvalue weighted by Gasteiger charge is 2.32. The molecule has 0 radical (unpaired) electrons. The van der Waals surface area contributed by atoms with Gasteiger partial charge in [-0.15, -0.1) is 12.4 Å². The zero-order valence-electron chi connectivity index (χ0n) is 10.7. The quantitative estimate of drug-likeness (QED) is 0.768. The Bertz CT molecular complexity index is 245. The highest BCUT2D eigenvalue weighted by atomic mass is 35.5. The van der Waals surface area contributed by atoms with Crippen molar-refractivity contribution in [1.29, 1.82) is 0 Å². The van der Waals surface area contributed by atoms with Crippen LogP contribution < -0.4 is 11.1 Å². The fourth-order valence-corrected chi connectivity index (χ4v) is 1.43. The van der Waals surface area contributed by atoms with E-state index in [4.69, 9.17) is 15.2 Å². The van der Waals surface area contributed by atoms with Gasteiger partial charge in [0.1, 0.15) is 0 Å². The van der Waals surface area contributed by atoms with Gasteiger partial charge in [-0.2, -0.15) is 0 Å². The van der Waals surface area contributed by atoms with Crippen molar-refractivity contribution >= 4 is 18.3 Å². The maximum atomic E-state index is 11.9. The van der Waals surface area contributed by atoms with Crippen LogP contribution in [-0.2, 0) is 14.3 Å². The number of ether oxygens (including phenoxy) is 2. The minimum Gasteiger partial charge on any atom is -0.376 e. The first-order chi connectivity index (χ1) is 7.49. The van der Waals surface area contributed by atoms with E-state index in [0.717, 1.165) is 0 Å². The van der Waals surface area contributed by atoms with Crippen molar-refractivity contribution in [1.82, 2.24) is 5.32 Å². The van der Waals surface area contributed by atoms with Crippen LogP contribution in [0.15, 0.2) is 0 Å². The van der Waals surface area contributed by atoms with E-state index < -0.39 is 11.6 Å². The molecular weight excluding hydrogens is 244 g/mol. The summed E-state index contributed by atoms with van der Waals surface area (Å²) < 4.78 is 10.5. The normalized spacial score (nSPS) is 23.7. The molecule has 1 aliphatic rings. The Kier molecular flexibility index (Phi) is 7.01. The fourth-order valence-electron chi connectivity index (χ4n) is 1.43. The summed E-state index contributed by atoms with van der Waals surface area (Å²) in [5.41, 5.74) is 5.31. The summed E-state index contributed by atoms with van der Waals surface area (Å²) in [6, 6.07) is 0. The molecule has 6 heteroatoms. The first-order valence-electron chi connectivity index (χ1n) is 5.71. The number of halogens is 1. The van der Waals surface area contributed by atoms with Crippen molar-refractivity contribution in [2.45, 2.75) is 32.4 Å². The van der Waals surface area contributed by atoms with Crippen LogP contribution in [0.3, 0.4) is 0 Å². The van der Waals surface area contributed by atoms with E-state index in [9.17, 15) is 4.79 Å². The number of carbonyl (C=O) groups is 1. The molecule has 0 spiro atoms. The highest BCUT2D eigenvalue weighted by Crippen LogP contribution is 2.15. The van der Waals surface area contributed by atoms with Crippen molar-refractivity contribution in [2.75, 3.05) is 26.4 Å². The molecule has 102 valence electrons. The van der Waals surface area contributed by atoms with Crippen LogP contribution in [0.5, 0.6) is 0 Å². The standard InChI is InChI=1S/C11H22N2O3.ClH/c1-8(2)11(3,7-12)13-10(14)9-6-15-4-5-16-9;/h8-9H,4-7,12H2,1-3H3,(H,13,14);1H.